The fraction of sp³-hybridized carbons (Fsp3) is 0.500. The average molecular weight is 261 g/mol. The first-order valence-corrected chi connectivity index (χ1v) is 6.77. The van der Waals surface area contributed by atoms with Gasteiger partial charge in [0.2, 0.25) is 0 Å². The lowest BCUT2D eigenvalue weighted by atomic mass is 9.93. The van der Waals surface area contributed by atoms with Gasteiger partial charge in [-0.15, -0.1) is 0 Å². The van der Waals surface area contributed by atoms with E-state index in [9.17, 15) is 0 Å². The average Bonchev–Trinajstić information content (AvgIpc) is 2.77. The van der Waals surface area contributed by atoms with Gasteiger partial charge in [-0.2, -0.15) is 0 Å². The molecule has 0 fully saturated rings. The summed E-state index contributed by atoms with van der Waals surface area (Å²) in [7, 11) is 0. The molecule has 1 unspecified atom stereocenters. The number of hydrogen-bond acceptors (Lipinski definition) is 3. The lowest BCUT2D eigenvalue weighted by Gasteiger charge is -2.18. The molecule has 0 aliphatic carbocycles. The minimum atomic E-state index is -0.202. The van der Waals surface area contributed by atoms with Crippen LogP contribution in [0.1, 0.15) is 39.0 Å². The van der Waals surface area contributed by atoms with Crippen LogP contribution in [0.3, 0.4) is 0 Å². The van der Waals surface area contributed by atoms with Crippen LogP contribution < -0.4 is 5.73 Å². The topological polar surface area (TPSA) is 48.4 Å². The minimum Gasteiger partial charge on any atom is -0.459 e. The van der Waals surface area contributed by atoms with Crippen molar-refractivity contribution < 1.29 is 9.15 Å². The number of para-hydroxylation sites is 1. The van der Waals surface area contributed by atoms with Crippen LogP contribution in [-0.4, -0.2) is 13.2 Å². The van der Waals surface area contributed by atoms with Gasteiger partial charge in [0, 0.05) is 12.0 Å². The van der Waals surface area contributed by atoms with Crippen molar-refractivity contribution in [3.63, 3.8) is 0 Å². The van der Waals surface area contributed by atoms with E-state index in [1.54, 1.807) is 0 Å². The van der Waals surface area contributed by atoms with Gasteiger partial charge in [-0.25, -0.2) is 0 Å². The van der Waals surface area contributed by atoms with Gasteiger partial charge in [0.05, 0.1) is 12.6 Å². The normalized spacial score (nSPS) is 13.9. The van der Waals surface area contributed by atoms with Crippen LogP contribution in [-0.2, 0) is 4.74 Å². The summed E-state index contributed by atoms with van der Waals surface area (Å²) in [6.45, 7) is 7.84. The molecule has 0 amide bonds. The number of hydrogen-bond donors (Lipinski definition) is 1. The second-order valence-corrected chi connectivity index (χ2v) is 6.18. The molecule has 0 bridgehead atoms. The molecule has 1 atom stereocenters. The highest BCUT2D eigenvalue weighted by Crippen LogP contribution is 2.23. The zero-order valence-corrected chi connectivity index (χ0v) is 12.0. The van der Waals surface area contributed by atoms with Crippen molar-refractivity contribution in [1.29, 1.82) is 0 Å². The Morgan fingerprint density at radius 1 is 1.26 bits per heavy atom. The summed E-state index contributed by atoms with van der Waals surface area (Å²) >= 11 is 0. The third kappa shape index (κ3) is 4.08. The Morgan fingerprint density at radius 2 is 2.00 bits per heavy atom. The molecule has 104 valence electrons. The Labute approximate surface area is 114 Å². The molecule has 0 saturated heterocycles. The number of rotatable bonds is 5. The van der Waals surface area contributed by atoms with Gasteiger partial charge >= 0.3 is 0 Å². The van der Waals surface area contributed by atoms with Crippen molar-refractivity contribution in [2.24, 2.45) is 11.1 Å². The van der Waals surface area contributed by atoms with Crippen molar-refractivity contribution in [3.05, 3.63) is 36.1 Å². The van der Waals surface area contributed by atoms with Gasteiger partial charge < -0.3 is 14.9 Å². The van der Waals surface area contributed by atoms with Crippen LogP contribution in [0.25, 0.3) is 11.0 Å². The molecule has 0 spiro atoms. The predicted molar refractivity (Wildman–Crippen MR) is 78.0 cm³/mol. The quantitative estimate of drug-likeness (QED) is 0.831. The van der Waals surface area contributed by atoms with Gasteiger partial charge in [0.15, 0.2) is 0 Å². The van der Waals surface area contributed by atoms with Crippen LogP contribution in [0.4, 0.5) is 0 Å². The molecule has 3 nitrogen and oxygen atoms in total. The van der Waals surface area contributed by atoms with Crippen LogP contribution in [0.15, 0.2) is 34.7 Å². The SMILES string of the molecule is CC(C)(C)CCOCC(N)c1cc2ccccc2o1. The van der Waals surface area contributed by atoms with E-state index in [1.165, 1.54) is 0 Å². The summed E-state index contributed by atoms with van der Waals surface area (Å²) < 4.78 is 11.4. The zero-order valence-electron chi connectivity index (χ0n) is 12.0. The molecule has 0 radical (unpaired) electrons. The monoisotopic (exact) mass is 261 g/mol. The van der Waals surface area contributed by atoms with Gasteiger partial charge in [-0.3, -0.25) is 0 Å². The van der Waals surface area contributed by atoms with Gasteiger partial charge in [-0.05, 0) is 24.0 Å². The second kappa shape index (κ2) is 5.76. The molecule has 3 heteroatoms. The van der Waals surface area contributed by atoms with E-state index in [-0.39, 0.29) is 6.04 Å². The lowest BCUT2D eigenvalue weighted by molar-refractivity contribution is 0.0937. The number of fused-ring (bicyclic) bond motifs is 1. The standard InChI is InChI=1S/C16H23NO2/c1-16(2,3)8-9-18-11-13(17)15-10-12-6-4-5-7-14(12)19-15/h4-7,10,13H,8-9,11,17H2,1-3H3. The van der Waals surface area contributed by atoms with Crippen molar-refractivity contribution in [3.8, 4) is 0 Å². The highest BCUT2D eigenvalue weighted by atomic mass is 16.5. The molecular weight excluding hydrogens is 238 g/mol. The maximum Gasteiger partial charge on any atom is 0.134 e. The molecule has 0 saturated carbocycles. The van der Waals surface area contributed by atoms with Gasteiger partial charge in [0.1, 0.15) is 11.3 Å². The van der Waals surface area contributed by atoms with Crippen LogP contribution in [0.5, 0.6) is 0 Å². The van der Waals surface area contributed by atoms with Crippen LogP contribution in [0, 0.1) is 5.41 Å². The fourth-order valence-electron chi connectivity index (χ4n) is 1.86. The highest BCUT2D eigenvalue weighted by molar-refractivity contribution is 5.77. The Balaban J connectivity index is 1.87. The van der Waals surface area contributed by atoms with Gasteiger partial charge in [0.25, 0.3) is 0 Å². The van der Waals surface area contributed by atoms with E-state index in [0.29, 0.717) is 12.0 Å². The summed E-state index contributed by atoms with van der Waals surface area (Å²) in [5, 5.41) is 1.09. The zero-order chi connectivity index (χ0) is 13.9. The summed E-state index contributed by atoms with van der Waals surface area (Å²) in [5.41, 5.74) is 7.26. The third-order valence-corrected chi connectivity index (χ3v) is 3.10. The lowest BCUT2D eigenvalue weighted by Crippen LogP contribution is -2.18. The molecule has 2 rings (SSSR count). The minimum absolute atomic E-state index is 0.202. The molecular formula is C16H23NO2. The van der Waals surface area contributed by atoms with Crippen molar-refractivity contribution in [1.82, 2.24) is 0 Å². The largest absolute Gasteiger partial charge is 0.459 e. The van der Waals surface area contributed by atoms with Gasteiger partial charge in [-0.1, -0.05) is 39.0 Å². The molecule has 1 aromatic carbocycles. The van der Waals surface area contributed by atoms with E-state index >= 15 is 0 Å². The van der Waals surface area contributed by atoms with E-state index in [0.717, 1.165) is 29.8 Å². The summed E-state index contributed by atoms with van der Waals surface area (Å²) in [5.74, 6) is 0.789. The number of ether oxygens (including phenoxy) is 1. The van der Waals surface area contributed by atoms with Crippen molar-refractivity contribution in [2.45, 2.75) is 33.2 Å². The van der Waals surface area contributed by atoms with Crippen LogP contribution >= 0.6 is 0 Å². The molecule has 1 heterocycles. The number of benzene rings is 1. The van der Waals surface area contributed by atoms with E-state index in [1.807, 2.05) is 30.3 Å². The second-order valence-electron chi connectivity index (χ2n) is 6.18. The first kappa shape index (κ1) is 14.1. The summed E-state index contributed by atoms with van der Waals surface area (Å²) in [6, 6.07) is 9.72. The Morgan fingerprint density at radius 3 is 2.68 bits per heavy atom. The third-order valence-electron chi connectivity index (χ3n) is 3.10. The van der Waals surface area contributed by atoms with Crippen LogP contribution in [0.2, 0.25) is 0 Å². The van der Waals surface area contributed by atoms with Crippen molar-refractivity contribution in [2.75, 3.05) is 13.2 Å². The first-order chi connectivity index (χ1) is 8.96. The predicted octanol–water partition coefficient (Wildman–Crippen LogP) is 3.89. The Bertz CT molecular complexity index is 492. The highest BCUT2D eigenvalue weighted by Gasteiger charge is 2.13. The maximum atomic E-state index is 6.09. The first-order valence-electron chi connectivity index (χ1n) is 6.77. The molecule has 0 aliphatic heterocycles. The number of furan rings is 1. The summed E-state index contributed by atoms with van der Waals surface area (Å²) in [6.07, 6.45) is 1.03. The molecule has 0 aliphatic rings. The fourth-order valence-corrected chi connectivity index (χ4v) is 1.86. The van der Waals surface area contributed by atoms with Crippen molar-refractivity contribution >= 4 is 11.0 Å². The smallest absolute Gasteiger partial charge is 0.134 e. The van der Waals surface area contributed by atoms with E-state index in [2.05, 4.69) is 20.8 Å². The Kier molecular flexibility index (Phi) is 4.27. The molecule has 19 heavy (non-hydrogen) atoms. The van der Waals surface area contributed by atoms with E-state index in [4.69, 9.17) is 14.9 Å². The maximum absolute atomic E-state index is 6.09. The molecule has 1 aromatic heterocycles. The van der Waals surface area contributed by atoms with E-state index < -0.39 is 0 Å². The summed E-state index contributed by atoms with van der Waals surface area (Å²) in [4.78, 5) is 0. The molecule has 2 N–H and O–H groups in total. The Hall–Kier alpha value is -1.32. The molecule has 2 aromatic rings. The number of nitrogens with two attached hydrogens (primary N) is 1.